The molecule has 0 amide bonds. The minimum atomic E-state index is -4.76. The second-order valence-electron chi connectivity index (χ2n) is 3.91. The van der Waals surface area contributed by atoms with Crippen molar-refractivity contribution < 1.29 is 27.8 Å². The maximum atomic E-state index is 12.0. The van der Waals surface area contributed by atoms with Gasteiger partial charge in [0.2, 0.25) is 0 Å². The average molecular weight is 281 g/mol. The van der Waals surface area contributed by atoms with Crippen LogP contribution < -0.4 is 9.84 Å². The molecule has 0 radical (unpaired) electrons. The molecule has 2 aromatic carbocycles. The van der Waals surface area contributed by atoms with Gasteiger partial charge in [0.1, 0.15) is 5.75 Å². The number of carboxylic acids is 1. The fraction of sp³-hybridized carbons (Fsp3) is 0.0714. The Bertz CT molecular complexity index is 618. The molecule has 6 heteroatoms. The second kappa shape index (κ2) is 5.24. The van der Waals surface area contributed by atoms with Gasteiger partial charge in [0.15, 0.2) is 0 Å². The maximum Gasteiger partial charge on any atom is 0.573 e. The largest absolute Gasteiger partial charge is 0.573 e. The van der Waals surface area contributed by atoms with Crippen molar-refractivity contribution in [2.45, 2.75) is 6.36 Å². The van der Waals surface area contributed by atoms with Gasteiger partial charge >= 0.3 is 6.36 Å². The van der Waals surface area contributed by atoms with Crippen molar-refractivity contribution in [3.05, 3.63) is 54.1 Å². The van der Waals surface area contributed by atoms with Crippen molar-refractivity contribution in [2.75, 3.05) is 0 Å². The van der Waals surface area contributed by atoms with Gasteiger partial charge in [-0.05, 0) is 23.3 Å². The Morgan fingerprint density at radius 3 is 2.15 bits per heavy atom. The highest BCUT2D eigenvalue weighted by molar-refractivity contribution is 5.94. The third-order valence-electron chi connectivity index (χ3n) is 2.55. The van der Waals surface area contributed by atoms with E-state index in [4.69, 9.17) is 0 Å². The molecule has 0 fully saturated rings. The summed E-state index contributed by atoms with van der Waals surface area (Å²) < 4.78 is 39.8. The van der Waals surface area contributed by atoms with Crippen molar-refractivity contribution in [1.82, 2.24) is 0 Å². The van der Waals surface area contributed by atoms with E-state index in [1.165, 1.54) is 24.3 Å². The molecule has 0 aliphatic carbocycles. The minimum absolute atomic E-state index is 0.0306. The molecule has 2 aromatic rings. The maximum absolute atomic E-state index is 12.0. The van der Waals surface area contributed by atoms with Crippen LogP contribution in [-0.4, -0.2) is 12.3 Å². The predicted molar refractivity (Wildman–Crippen MR) is 62.9 cm³/mol. The molecule has 0 aliphatic rings. The van der Waals surface area contributed by atoms with Crippen molar-refractivity contribution >= 4 is 5.97 Å². The zero-order chi connectivity index (χ0) is 14.8. The van der Waals surface area contributed by atoms with Crippen LogP contribution in [0, 0.1) is 0 Å². The third kappa shape index (κ3) is 3.28. The Balaban J connectivity index is 2.33. The van der Waals surface area contributed by atoms with Crippen LogP contribution >= 0.6 is 0 Å². The molecule has 0 unspecified atom stereocenters. The molecular weight excluding hydrogens is 273 g/mol. The summed E-state index contributed by atoms with van der Waals surface area (Å²) in [6.45, 7) is 0. The first-order valence-electron chi connectivity index (χ1n) is 5.53. The Kier molecular flexibility index (Phi) is 3.65. The molecule has 0 aromatic heterocycles. The molecule has 20 heavy (non-hydrogen) atoms. The summed E-state index contributed by atoms with van der Waals surface area (Å²) in [5.74, 6) is -1.72. The van der Waals surface area contributed by atoms with E-state index < -0.39 is 12.3 Å². The van der Waals surface area contributed by atoms with Crippen molar-refractivity contribution in [3.8, 4) is 16.9 Å². The topological polar surface area (TPSA) is 49.4 Å². The lowest BCUT2D eigenvalue weighted by atomic mass is 10.00. The van der Waals surface area contributed by atoms with Crippen LogP contribution in [0.4, 0.5) is 13.2 Å². The standard InChI is InChI=1S/C14H9F3O3/c15-14(16,17)20-10-7-5-9(6-8-10)11-3-1-2-4-12(11)13(18)19/h1-8H,(H,18,19)/p-1. The zero-order valence-electron chi connectivity index (χ0n) is 9.98. The van der Waals surface area contributed by atoms with Crippen LogP contribution in [0.1, 0.15) is 10.4 Å². The van der Waals surface area contributed by atoms with Gasteiger partial charge in [0, 0.05) is 5.56 Å². The molecule has 2 rings (SSSR count). The van der Waals surface area contributed by atoms with Crippen LogP contribution in [0.15, 0.2) is 48.5 Å². The van der Waals surface area contributed by atoms with E-state index in [-0.39, 0.29) is 11.3 Å². The number of carbonyl (C=O) groups excluding carboxylic acids is 1. The Morgan fingerprint density at radius 1 is 1.00 bits per heavy atom. The number of aromatic carboxylic acids is 1. The summed E-state index contributed by atoms with van der Waals surface area (Å²) in [6.07, 6.45) is -4.76. The van der Waals surface area contributed by atoms with E-state index in [1.54, 1.807) is 12.1 Å². The number of hydrogen-bond acceptors (Lipinski definition) is 3. The van der Waals surface area contributed by atoms with Crippen LogP contribution in [0.2, 0.25) is 0 Å². The molecule has 0 aliphatic heterocycles. The highest BCUT2D eigenvalue weighted by Crippen LogP contribution is 2.28. The van der Waals surface area contributed by atoms with Gasteiger partial charge in [-0.1, -0.05) is 36.4 Å². The first-order valence-corrected chi connectivity index (χ1v) is 5.53. The summed E-state index contributed by atoms with van der Waals surface area (Å²) in [5, 5.41) is 11.0. The summed E-state index contributed by atoms with van der Waals surface area (Å²) in [5.41, 5.74) is 0.794. The molecule has 0 heterocycles. The quantitative estimate of drug-likeness (QED) is 0.869. The van der Waals surface area contributed by atoms with E-state index in [0.717, 1.165) is 12.1 Å². The zero-order valence-corrected chi connectivity index (χ0v) is 9.98. The van der Waals surface area contributed by atoms with E-state index in [2.05, 4.69) is 4.74 Å². The number of halogens is 3. The monoisotopic (exact) mass is 281 g/mol. The predicted octanol–water partition coefficient (Wildman–Crippen LogP) is 2.62. The molecule has 3 nitrogen and oxygen atoms in total. The van der Waals surface area contributed by atoms with Gasteiger partial charge in [-0.3, -0.25) is 0 Å². The molecule has 0 saturated heterocycles. The van der Waals surface area contributed by atoms with Crippen molar-refractivity contribution in [1.29, 1.82) is 0 Å². The first-order chi connectivity index (χ1) is 9.37. The number of hydrogen-bond donors (Lipinski definition) is 0. The lowest BCUT2D eigenvalue weighted by Gasteiger charge is -2.12. The number of alkyl halides is 3. The molecule has 104 valence electrons. The van der Waals surface area contributed by atoms with E-state index in [1.807, 2.05) is 0 Å². The first kappa shape index (κ1) is 13.9. The van der Waals surface area contributed by atoms with Gasteiger partial charge in [-0.25, -0.2) is 0 Å². The lowest BCUT2D eigenvalue weighted by molar-refractivity contribution is -0.274. The van der Waals surface area contributed by atoms with Gasteiger partial charge < -0.3 is 14.6 Å². The van der Waals surface area contributed by atoms with E-state index in [9.17, 15) is 23.1 Å². The van der Waals surface area contributed by atoms with E-state index in [0.29, 0.717) is 11.1 Å². The molecule has 0 saturated carbocycles. The number of carbonyl (C=O) groups is 1. The van der Waals surface area contributed by atoms with Crippen LogP contribution in [0.5, 0.6) is 5.75 Å². The summed E-state index contributed by atoms with van der Waals surface area (Å²) in [6, 6.07) is 11.0. The van der Waals surface area contributed by atoms with Crippen LogP contribution in [0.25, 0.3) is 11.1 Å². The van der Waals surface area contributed by atoms with Crippen molar-refractivity contribution in [2.24, 2.45) is 0 Å². The van der Waals surface area contributed by atoms with Crippen LogP contribution in [0.3, 0.4) is 0 Å². The summed E-state index contributed by atoms with van der Waals surface area (Å²) in [7, 11) is 0. The van der Waals surface area contributed by atoms with Gasteiger partial charge in [0.05, 0.1) is 5.97 Å². The van der Waals surface area contributed by atoms with Gasteiger partial charge in [-0.15, -0.1) is 13.2 Å². The highest BCUT2D eigenvalue weighted by atomic mass is 19.4. The third-order valence-corrected chi connectivity index (χ3v) is 2.55. The summed E-state index contributed by atoms with van der Waals surface area (Å²) >= 11 is 0. The minimum Gasteiger partial charge on any atom is -0.545 e. The molecular formula is C14H8F3O3-. The number of benzene rings is 2. The van der Waals surface area contributed by atoms with Crippen molar-refractivity contribution in [3.63, 3.8) is 0 Å². The van der Waals surface area contributed by atoms with Gasteiger partial charge in [0.25, 0.3) is 0 Å². The Morgan fingerprint density at radius 2 is 1.60 bits per heavy atom. The fourth-order valence-corrected chi connectivity index (χ4v) is 1.75. The molecule has 0 N–H and O–H groups in total. The number of carboxylic acid groups (broad SMARTS) is 1. The molecule has 0 atom stereocenters. The lowest BCUT2D eigenvalue weighted by Crippen LogP contribution is -2.22. The summed E-state index contributed by atoms with van der Waals surface area (Å²) in [4.78, 5) is 11.0. The SMILES string of the molecule is O=C([O-])c1ccccc1-c1ccc(OC(F)(F)F)cc1. The average Bonchev–Trinajstić information content (AvgIpc) is 2.38. The Hall–Kier alpha value is -2.50. The number of ether oxygens (including phenoxy) is 1. The second-order valence-corrected chi connectivity index (χ2v) is 3.91. The normalized spacial score (nSPS) is 11.2. The molecule has 0 spiro atoms. The Labute approximate surface area is 112 Å². The van der Waals surface area contributed by atoms with E-state index >= 15 is 0 Å². The smallest absolute Gasteiger partial charge is 0.545 e. The van der Waals surface area contributed by atoms with Gasteiger partial charge in [-0.2, -0.15) is 0 Å². The highest BCUT2D eigenvalue weighted by Gasteiger charge is 2.30. The fourth-order valence-electron chi connectivity index (χ4n) is 1.75. The number of rotatable bonds is 3. The molecule has 0 bridgehead atoms. The van der Waals surface area contributed by atoms with Crippen LogP contribution in [-0.2, 0) is 0 Å².